The zero-order chi connectivity index (χ0) is 10.2. The fourth-order valence-corrected chi connectivity index (χ4v) is 2.53. The number of ether oxygens (including phenoxy) is 2. The number of carbonyl (C=O) groups excluding carboxylic acids is 1. The lowest BCUT2D eigenvalue weighted by Crippen LogP contribution is -2.27. The summed E-state index contributed by atoms with van der Waals surface area (Å²) in [6, 6.07) is 0. The third kappa shape index (κ3) is 1.54. The molecule has 0 radical (unpaired) electrons. The van der Waals surface area contributed by atoms with Crippen LogP contribution in [0.1, 0.15) is 39.0 Å². The van der Waals surface area contributed by atoms with Crippen LogP contribution in [-0.2, 0) is 14.3 Å². The summed E-state index contributed by atoms with van der Waals surface area (Å²) >= 11 is 0. The quantitative estimate of drug-likeness (QED) is 0.502. The number of hydrogen-bond donors (Lipinski definition) is 0. The lowest BCUT2D eigenvalue weighted by Gasteiger charge is -2.25. The van der Waals surface area contributed by atoms with E-state index in [9.17, 15) is 4.79 Å². The van der Waals surface area contributed by atoms with Gasteiger partial charge in [-0.15, -0.1) is 0 Å². The maximum absolute atomic E-state index is 11.3. The van der Waals surface area contributed by atoms with E-state index in [2.05, 4.69) is 6.92 Å². The summed E-state index contributed by atoms with van der Waals surface area (Å²) in [6.45, 7) is 2.23. The molecule has 0 bridgehead atoms. The molecule has 1 saturated heterocycles. The van der Waals surface area contributed by atoms with E-state index in [4.69, 9.17) is 9.47 Å². The Balaban J connectivity index is 1.88. The molecule has 2 aliphatic rings. The van der Waals surface area contributed by atoms with Crippen LogP contribution in [0, 0.1) is 5.92 Å². The van der Waals surface area contributed by atoms with Crippen molar-refractivity contribution in [2.75, 3.05) is 7.11 Å². The van der Waals surface area contributed by atoms with Gasteiger partial charge < -0.3 is 9.47 Å². The molecule has 0 amide bonds. The number of esters is 1. The van der Waals surface area contributed by atoms with Gasteiger partial charge in [0.15, 0.2) is 6.10 Å². The minimum Gasteiger partial charge on any atom is -0.467 e. The first-order valence-corrected chi connectivity index (χ1v) is 5.47. The Bertz CT molecular complexity index is 229. The Hall–Kier alpha value is -0.570. The van der Waals surface area contributed by atoms with Gasteiger partial charge in [-0.3, -0.25) is 0 Å². The van der Waals surface area contributed by atoms with Gasteiger partial charge in [-0.1, -0.05) is 13.3 Å². The van der Waals surface area contributed by atoms with Gasteiger partial charge in [0.1, 0.15) is 5.60 Å². The zero-order valence-electron chi connectivity index (χ0n) is 8.91. The minimum atomic E-state index is -0.259. The van der Waals surface area contributed by atoms with E-state index in [0.717, 1.165) is 18.8 Å². The minimum absolute atomic E-state index is 0.126. The number of methoxy groups -OCH3 is 1. The highest BCUT2D eigenvalue weighted by Gasteiger charge is 2.61. The van der Waals surface area contributed by atoms with E-state index < -0.39 is 0 Å². The van der Waals surface area contributed by atoms with Crippen LogP contribution in [-0.4, -0.2) is 24.8 Å². The van der Waals surface area contributed by atoms with E-state index in [-0.39, 0.29) is 17.7 Å². The highest BCUT2D eigenvalue weighted by atomic mass is 16.7. The van der Waals surface area contributed by atoms with Crippen molar-refractivity contribution in [3.05, 3.63) is 0 Å². The molecule has 1 unspecified atom stereocenters. The Morgan fingerprint density at radius 1 is 1.50 bits per heavy atom. The second-order valence-electron chi connectivity index (χ2n) is 4.44. The van der Waals surface area contributed by atoms with Gasteiger partial charge in [0.2, 0.25) is 0 Å². The van der Waals surface area contributed by atoms with Crippen molar-refractivity contribution in [1.82, 2.24) is 0 Å². The first-order valence-electron chi connectivity index (χ1n) is 5.47. The van der Waals surface area contributed by atoms with E-state index in [1.165, 1.54) is 26.4 Å². The molecule has 1 atom stereocenters. The van der Waals surface area contributed by atoms with Crippen molar-refractivity contribution in [3.8, 4) is 0 Å². The first kappa shape index (κ1) is 9.97. The maximum atomic E-state index is 11.3. The van der Waals surface area contributed by atoms with E-state index in [0.29, 0.717) is 0 Å². The molecule has 1 aliphatic heterocycles. The van der Waals surface area contributed by atoms with Crippen molar-refractivity contribution < 1.29 is 14.3 Å². The highest BCUT2D eigenvalue weighted by Crippen LogP contribution is 2.50. The standard InChI is InChI=1S/C11H18O3/c1-3-8-4-6-11(7-5-8)9(14-11)10(12)13-2/h8-9H,3-7H2,1-2H3. The van der Waals surface area contributed by atoms with Crippen molar-refractivity contribution in [1.29, 1.82) is 0 Å². The summed E-state index contributed by atoms with van der Waals surface area (Å²) in [5.74, 6) is 0.642. The monoisotopic (exact) mass is 198 g/mol. The van der Waals surface area contributed by atoms with Gasteiger partial charge in [0.05, 0.1) is 7.11 Å². The molecule has 1 saturated carbocycles. The van der Waals surface area contributed by atoms with Crippen molar-refractivity contribution in [3.63, 3.8) is 0 Å². The third-order valence-corrected chi connectivity index (χ3v) is 3.72. The second-order valence-corrected chi connectivity index (χ2v) is 4.44. The van der Waals surface area contributed by atoms with Crippen LogP contribution in [0.15, 0.2) is 0 Å². The largest absolute Gasteiger partial charge is 0.467 e. The predicted molar refractivity (Wildman–Crippen MR) is 51.9 cm³/mol. The Kier molecular flexibility index (Phi) is 2.52. The molecule has 0 aromatic heterocycles. The molecule has 1 spiro atoms. The van der Waals surface area contributed by atoms with E-state index in [1.54, 1.807) is 0 Å². The van der Waals surface area contributed by atoms with Gasteiger partial charge in [-0.2, -0.15) is 0 Å². The predicted octanol–water partition coefficient (Wildman–Crippen LogP) is 1.90. The summed E-state index contributed by atoms with van der Waals surface area (Å²) < 4.78 is 10.2. The van der Waals surface area contributed by atoms with Crippen molar-refractivity contribution in [2.24, 2.45) is 5.92 Å². The molecule has 1 heterocycles. The fraction of sp³-hybridized carbons (Fsp3) is 0.909. The summed E-state index contributed by atoms with van der Waals surface area (Å²) in [4.78, 5) is 11.3. The van der Waals surface area contributed by atoms with E-state index >= 15 is 0 Å². The zero-order valence-corrected chi connectivity index (χ0v) is 8.91. The first-order chi connectivity index (χ1) is 6.72. The topological polar surface area (TPSA) is 38.8 Å². The van der Waals surface area contributed by atoms with Crippen LogP contribution < -0.4 is 0 Å². The smallest absolute Gasteiger partial charge is 0.338 e. The van der Waals surface area contributed by atoms with Crippen LogP contribution in [0.3, 0.4) is 0 Å². The van der Waals surface area contributed by atoms with Crippen LogP contribution in [0.4, 0.5) is 0 Å². The van der Waals surface area contributed by atoms with Crippen molar-refractivity contribution >= 4 is 5.97 Å². The Morgan fingerprint density at radius 3 is 2.64 bits per heavy atom. The maximum Gasteiger partial charge on any atom is 0.338 e. The summed E-state index contributed by atoms with van der Waals surface area (Å²) in [7, 11) is 1.43. The Labute approximate surface area is 84.8 Å². The highest BCUT2D eigenvalue weighted by molar-refractivity contribution is 5.79. The lowest BCUT2D eigenvalue weighted by atomic mass is 9.79. The SMILES string of the molecule is CCC1CCC2(CC1)OC2C(=O)OC. The summed E-state index contributed by atoms with van der Waals surface area (Å²) in [5, 5.41) is 0. The molecule has 2 fully saturated rings. The lowest BCUT2D eigenvalue weighted by molar-refractivity contribution is -0.142. The summed E-state index contributed by atoms with van der Waals surface area (Å²) in [6.07, 6.45) is 5.45. The molecule has 3 nitrogen and oxygen atoms in total. The molecule has 0 aromatic carbocycles. The average molecular weight is 198 g/mol. The van der Waals surface area contributed by atoms with Gasteiger partial charge in [0, 0.05) is 0 Å². The van der Waals surface area contributed by atoms with Crippen molar-refractivity contribution in [2.45, 2.75) is 50.7 Å². The molecular formula is C11H18O3. The average Bonchev–Trinajstić information content (AvgIpc) is 2.93. The van der Waals surface area contributed by atoms with Gasteiger partial charge in [-0.25, -0.2) is 4.79 Å². The third-order valence-electron chi connectivity index (χ3n) is 3.72. The summed E-state index contributed by atoms with van der Waals surface area (Å²) in [5.41, 5.74) is -0.126. The van der Waals surface area contributed by atoms with Crippen LogP contribution in [0.25, 0.3) is 0 Å². The number of hydrogen-bond acceptors (Lipinski definition) is 3. The van der Waals surface area contributed by atoms with Crippen LogP contribution in [0.5, 0.6) is 0 Å². The number of rotatable bonds is 2. The molecule has 0 N–H and O–H groups in total. The van der Waals surface area contributed by atoms with E-state index in [1.807, 2.05) is 0 Å². The number of epoxide rings is 1. The fourth-order valence-electron chi connectivity index (χ4n) is 2.53. The van der Waals surface area contributed by atoms with Gasteiger partial charge in [-0.05, 0) is 31.6 Å². The van der Waals surface area contributed by atoms with Crippen LogP contribution >= 0.6 is 0 Å². The molecule has 80 valence electrons. The van der Waals surface area contributed by atoms with Gasteiger partial charge >= 0.3 is 5.97 Å². The molecular weight excluding hydrogens is 180 g/mol. The molecule has 1 aliphatic carbocycles. The molecule has 3 heteroatoms. The molecule has 2 rings (SSSR count). The second kappa shape index (κ2) is 3.54. The molecule has 0 aromatic rings. The number of carbonyl (C=O) groups is 1. The Morgan fingerprint density at radius 2 is 2.14 bits per heavy atom. The normalized spacial score (nSPS) is 41.0. The molecule has 14 heavy (non-hydrogen) atoms. The van der Waals surface area contributed by atoms with Gasteiger partial charge in [0.25, 0.3) is 0 Å². The van der Waals surface area contributed by atoms with Crippen LogP contribution in [0.2, 0.25) is 0 Å².